The Labute approximate surface area is 88.8 Å². The first kappa shape index (κ1) is 10.8. The van der Waals surface area contributed by atoms with Gasteiger partial charge in [-0.25, -0.2) is 0 Å². The minimum absolute atomic E-state index is 0.228. The molecule has 13 heavy (non-hydrogen) atoms. The number of benzene rings is 1. The second kappa shape index (κ2) is 3.87. The van der Waals surface area contributed by atoms with Crippen LogP contribution in [0.4, 0.5) is 0 Å². The van der Waals surface area contributed by atoms with Gasteiger partial charge in [-0.2, -0.15) is 0 Å². The Kier molecular flexibility index (Phi) is 3.23. The summed E-state index contributed by atoms with van der Waals surface area (Å²) in [5.74, 6) is 0. The molecule has 0 amide bonds. The molecule has 0 aromatic heterocycles. The maximum Gasteiger partial charge on any atom is 0.0423 e. The maximum atomic E-state index is 5.88. The van der Waals surface area contributed by atoms with Crippen LogP contribution < -0.4 is 5.73 Å². The van der Waals surface area contributed by atoms with Crippen LogP contribution in [-0.2, 0) is 6.42 Å². The van der Waals surface area contributed by atoms with Gasteiger partial charge < -0.3 is 5.73 Å². The molecule has 0 saturated carbocycles. The highest BCUT2D eigenvalue weighted by Crippen LogP contribution is 2.21. The summed E-state index contributed by atoms with van der Waals surface area (Å²) in [5, 5.41) is 1.32. The van der Waals surface area contributed by atoms with E-state index in [1.165, 1.54) is 0 Å². The van der Waals surface area contributed by atoms with E-state index in [1.54, 1.807) is 6.07 Å². The van der Waals surface area contributed by atoms with Gasteiger partial charge in [0.2, 0.25) is 0 Å². The lowest BCUT2D eigenvalue weighted by atomic mass is 9.96. The molecule has 0 aliphatic heterocycles. The number of nitrogens with two attached hydrogens (primary N) is 1. The van der Waals surface area contributed by atoms with Crippen molar-refractivity contribution in [3.8, 4) is 0 Å². The van der Waals surface area contributed by atoms with E-state index >= 15 is 0 Å². The largest absolute Gasteiger partial charge is 0.325 e. The zero-order valence-corrected chi connectivity index (χ0v) is 9.28. The number of halogens is 2. The lowest BCUT2D eigenvalue weighted by molar-refractivity contribution is 0.517. The molecular formula is C10H13Cl2N. The molecule has 0 fully saturated rings. The smallest absolute Gasteiger partial charge is 0.0423 e. The first-order valence-corrected chi connectivity index (χ1v) is 4.86. The van der Waals surface area contributed by atoms with Crippen LogP contribution in [0.15, 0.2) is 18.2 Å². The van der Waals surface area contributed by atoms with Crippen molar-refractivity contribution >= 4 is 23.2 Å². The van der Waals surface area contributed by atoms with Crippen LogP contribution in [0.1, 0.15) is 19.4 Å². The van der Waals surface area contributed by atoms with Crippen molar-refractivity contribution in [3.63, 3.8) is 0 Å². The Balaban J connectivity index is 2.90. The summed E-state index contributed by atoms with van der Waals surface area (Å²) in [6.07, 6.45) is 0.771. The fraction of sp³-hybridized carbons (Fsp3) is 0.400. The fourth-order valence-electron chi connectivity index (χ4n) is 1.24. The van der Waals surface area contributed by atoms with Crippen molar-refractivity contribution in [2.45, 2.75) is 25.8 Å². The Morgan fingerprint density at radius 1 is 1.15 bits per heavy atom. The highest BCUT2D eigenvalue weighted by atomic mass is 35.5. The third kappa shape index (κ3) is 3.99. The van der Waals surface area contributed by atoms with Crippen LogP contribution in [0.2, 0.25) is 10.0 Å². The number of hydrogen-bond acceptors (Lipinski definition) is 1. The lowest BCUT2D eigenvalue weighted by Gasteiger charge is -2.18. The van der Waals surface area contributed by atoms with Gasteiger partial charge in [-0.3, -0.25) is 0 Å². The van der Waals surface area contributed by atoms with E-state index in [9.17, 15) is 0 Å². The minimum atomic E-state index is -0.228. The highest BCUT2D eigenvalue weighted by Gasteiger charge is 2.12. The van der Waals surface area contributed by atoms with Crippen LogP contribution in [0.3, 0.4) is 0 Å². The van der Waals surface area contributed by atoms with Gasteiger partial charge in [-0.15, -0.1) is 0 Å². The van der Waals surface area contributed by atoms with Crippen LogP contribution in [0, 0.1) is 0 Å². The van der Waals surface area contributed by atoms with E-state index < -0.39 is 0 Å². The zero-order chi connectivity index (χ0) is 10.1. The molecule has 0 radical (unpaired) electrons. The van der Waals surface area contributed by atoms with Crippen molar-refractivity contribution in [1.29, 1.82) is 0 Å². The minimum Gasteiger partial charge on any atom is -0.325 e. The van der Waals surface area contributed by atoms with Crippen molar-refractivity contribution in [1.82, 2.24) is 0 Å². The van der Waals surface area contributed by atoms with Crippen molar-refractivity contribution in [3.05, 3.63) is 33.8 Å². The summed E-state index contributed by atoms with van der Waals surface area (Å²) in [7, 11) is 0. The summed E-state index contributed by atoms with van der Waals surface area (Å²) in [5.41, 5.74) is 6.73. The molecule has 2 N–H and O–H groups in total. The van der Waals surface area contributed by atoms with E-state index in [0.29, 0.717) is 10.0 Å². The molecule has 0 saturated heterocycles. The first-order chi connectivity index (χ1) is 5.87. The number of rotatable bonds is 2. The predicted octanol–water partition coefficient (Wildman–Crippen LogP) is 3.27. The summed E-state index contributed by atoms with van der Waals surface area (Å²) in [6, 6.07) is 5.50. The average molecular weight is 218 g/mol. The van der Waals surface area contributed by atoms with E-state index in [0.717, 1.165) is 12.0 Å². The van der Waals surface area contributed by atoms with E-state index in [1.807, 2.05) is 26.0 Å². The van der Waals surface area contributed by atoms with Crippen LogP contribution in [0.25, 0.3) is 0 Å². The van der Waals surface area contributed by atoms with E-state index in [2.05, 4.69) is 0 Å². The van der Waals surface area contributed by atoms with Gasteiger partial charge in [0.15, 0.2) is 0 Å². The molecule has 1 nitrogen and oxygen atoms in total. The molecule has 0 spiro atoms. The van der Waals surface area contributed by atoms with Crippen molar-refractivity contribution in [2.75, 3.05) is 0 Å². The summed E-state index contributed by atoms with van der Waals surface area (Å²) in [4.78, 5) is 0. The monoisotopic (exact) mass is 217 g/mol. The van der Waals surface area contributed by atoms with Gasteiger partial charge in [-0.05, 0) is 44.0 Å². The van der Waals surface area contributed by atoms with Crippen molar-refractivity contribution in [2.24, 2.45) is 5.73 Å². The zero-order valence-electron chi connectivity index (χ0n) is 7.77. The van der Waals surface area contributed by atoms with Gasteiger partial charge in [-0.1, -0.05) is 23.2 Å². The molecule has 0 aliphatic rings. The predicted molar refractivity (Wildman–Crippen MR) is 58.4 cm³/mol. The normalized spacial score (nSPS) is 11.8. The highest BCUT2D eigenvalue weighted by molar-refractivity contribution is 6.34. The van der Waals surface area contributed by atoms with E-state index in [-0.39, 0.29) is 5.54 Å². The summed E-state index contributed by atoms with van der Waals surface area (Å²) < 4.78 is 0. The Bertz CT molecular complexity index is 282. The maximum absolute atomic E-state index is 5.88. The molecule has 1 aromatic rings. The molecule has 0 heterocycles. The molecule has 0 atom stereocenters. The molecule has 72 valence electrons. The van der Waals surface area contributed by atoms with Gasteiger partial charge in [0.05, 0.1) is 0 Å². The van der Waals surface area contributed by atoms with Gasteiger partial charge in [0.1, 0.15) is 0 Å². The quantitative estimate of drug-likeness (QED) is 0.809. The number of hydrogen-bond donors (Lipinski definition) is 1. The second-order valence-electron chi connectivity index (χ2n) is 3.94. The summed E-state index contributed by atoms with van der Waals surface area (Å²) in [6.45, 7) is 3.95. The SMILES string of the molecule is CC(C)(N)Cc1cc(Cl)cc(Cl)c1. The fourth-order valence-corrected chi connectivity index (χ4v) is 1.81. The van der Waals surface area contributed by atoms with Crippen LogP contribution >= 0.6 is 23.2 Å². The second-order valence-corrected chi connectivity index (χ2v) is 4.82. The average Bonchev–Trinajstić information content (AvgIpc) is 1.78. The molecule has 1 aromatic carbocycles. The molecular weight excluding hydrogens is 205 g/mol. The molecule has 0 unspecified atom stereocenters. The third-order valence-corrected chi connectivity index (χ3v) is 2.02. The molecule has 3 heteroatoms. The molecule has 0 bridgehead atoms. The topological polar surface area (TPSA) is 26.0 Å². The summed E-state index contributed by atoms with van der Waals surface area (Å²) >= 11 is 11.7. The first-order valence-electron chi connectivity index (χ1n) is 4.11. The molecule has 0 aliphatic carbocycles. The standard InChI is InChI=1S/C10H13Cl2N/c1-10(2,13)6-7-3-8(11)5-9(12)4-7/h3-5H,6,13H2,1-2H3. The van der Waals surface area contributed by atoms with Gasteiger partial charge in [0, 0.05) is 15.6 Å². The van der Waals surface area contributed by atoms with Crippen molar-refractivity contribution < 1.29 is 0 Å². The Hall–Kier alpha value is -0.240. The van der Waals surface area contributed by atoms with Crippen LogP contribution in [0.5, 0.6) is 0 Å². The molecule has 1 rings (SSSR count). The van der Waals surface area contributed by atoms with Crippen LogP contribution in [-0.4, -0.2) is 5.54 Å². The van der Waals surface area contributed by atoms with Gasteiger partial charge in [0.25, 0.3) is 0 Å². The Morgan fingerprint density at radius 3 is 2.00 bits per heavy atom. The third-order valence-electron chi connectivity index (χ3n) is 1.58. The van der Waals surface area contributed by atoms with E-state index in [4.69, 9.17) is 28.9 Å². The Morgan fingerprint density at radius 2 is 1.62 bits per heavy atom. The van der Waals surface area contributed by atoms with Gasteiger partial charge >= 0.3 is 0 Å². The lowest BCUT2D eigenvalue weighted by Crippen LogP contribution is -2.34.